The molecular formula is C16H14Br2ClNO. The van der Waals surface area contributed by atoms with Crippen LogP contribution in [0, 0.1) is 0 Å². The molecule has 2 atom stereocenters. The zero-order valence-electron chi connectivity index (χ0n) is 11.3. The van der Waals surface area contributed by atoms with E-state index >= 15 is 0 Å². The van der Waals surface area contributed by atoms with Gasteiger partial charge in [0.1, 0.15) is 4.83 Å². The lowest BCUT2D eigenvalue weighted by molar-refractivity contribution is -0.117. The molecule has 2 unspecified atom stereocenters. The third-order valence-electron chi connectivity index (χ3n) is 3.16. The van der Waals surface area contributed by atoms with Crippen molar-refractivity contribution < 1.29 is 4.79 Å². The van der Waals surface area contributed by atoms with E-state index in [4.69, 9.17) is 11.6 Å². The van der Waals surface area contributed by atoms with Crippen molar-refractivity contribution in [2.45, 2.75) is 9.65 Å². The number of benzene rings is 2. The van der Waals surface area contributed by atoms with Crippen LogP contribution in [0.1, 0.15) is 10.4 Å². The first-order chi connectivity index (χ1) is 10.0. The molecule has 110 valence electrons. The third kappa shape index (κ3) is 4.09. The normalized spacial score (nSPS) is 13.5. The summed E-state index contributed by atoms with van der Waals surface area (Å²) in [5.41, 5.74) is 1.86. The number of alkyl halides is 2. The van der Waals surface area contributed by atoms with E-state index in [1.54, 1.807) is 11.9 Å². The molecule has 0 fully saturated rings. The third-order valence-corrected chi connectivity index (χ3v) is 6.09. The summed E-state index contributed by atoms with van der Waals surface area (Å²) in [7, 11) is 1.77. The maximum atomic E-state index is 12.5. The van der Waals surface area contributed by atoms with E-state index in [1.165, 1.54) is 0 Å². The lowest BCUT2D eigenvalue weighted by Gasteiger charge is -2.23. The topological polar surface area (TPSA) is 20.3 Å². The van der Waals surface area contributed by atoms with Gasteiger partial charge in [-0.1, -0.05) is 73.8 Å². The number of carbonyl (C=O) groups excluding carboxylic acids is 1. The maximum Gasteiger partial charge on any atom is 0.242 e. The lowest BCUT2D eigenvalue weighted by atomic mass is 10.1. The number of carbonyl (C=O) groups is 1. The molecule has 2 nitrogen and oxygen atoms in total. The number of nitrogens with zero attached hydrogens (tertiary/aromatic N) is 1. The zero-order chi connectivity index (χ0) is 15.4. The summed E-state index contributed by atoms with van der Waals surface area (Å²) >= 11 is 13.0. The Morgan fingerprint density at radius 3 is 2.19 bits per heavy atom. The van der Waals surface area contributed by atoms with E-state index in [0.717, 1.165) is 11.3 Å². The molecule has 2 rings (SSSR count). The molecule has 2 aromatic carbocycles. The highest BCUT2D eigenvalue weighted by Crippen LogP contribution is 2.33. The van der Waals surface area contributed by atoms with Gasteiger partial charge in [-0.3, -0.25) is 4.79 Å². The molecule has 21 heavy (non-hydrogen) atoms. The van der Waals surface area contributed by atoms with Crippen LogP contribution in [0.3, 0.4) is 0 Å². The monoisotopic (exact) mass is 429 g/mol. The summed E-state index contributed by atoms with van der Waals surface area (Å²) in [4.78, 5) is 13.7. The van der Waals surface area contributed by atoms with Crippen molar-refractivity contribution in [2.24, 2.45) is 0 Å². The number of anilines is 1. The largest absolute Gasteiger partial charge is 0.314 e. The Balaban J connectivity index is 2.13. The highest BCUT2D eigenvalue weighted by molar-refractivity contribution is 9.12. The van der Waals surface area contributed by atoms with Crippen molar-refractivity contribution in [1.82, 2.24) is 0 Å². The molecule has 0 radical (unpaired) electrons. The van der Waals surface area contributed by atoms with Crippen LogP contribution >= 0.6 is 43.5 Å². The average molecular weight is 432 g/mol. The highest BCUT2D eigenvalue weighted by atomic mass is 79.9. The van der Waals surface area contributed by atoms with Crippen LogP contribution < -0.4 is 4.90 Å². The van der Waals surface area contributed by atoms with Crippen LogP contribution in [-0.2, 0) is 4.79 Å². The minimum atomic E-state index is -0.371. The van der Waals surface area contributed by atoms with Gasteiger partial charge in [0.25, 0.3) is 0 Å². The lowest BCUT2D eigenvalue weighted by Crippen LogP contribution is -2.35. The van der Waals surface area contributed by atoms with Gasteiger partial charge in [0, 0.05) is 17.8 Å². The van der Waals surface area contributed by atoms with Crippen molar-refractivity contribution in [3.63, 3.8) is 0 Å². The molecular weight excluding hydrogens is 417 g/mol. The van der Waals surface area contributed by atoms with Gasteiger partial charge >= 0.3 is 0 Å². The Labute approximate surface area is 146 Å². The summed E-state index contributed by atoms with van der Waals surface area (Å²) < 4.78 is 0. The van der Waals surface area contributed by atoms with Gasteiger partial charge in [0.15, 0.2) is 0 Å². The Morgan fingerprint density at radius 2 is 1.62 bits per heavy atom. The summed E-state index contributed by atoms with van der Waals surface area (Å²) in [5.74, 6) is -0.0157. The predicted octanol–water partition coefficient (Wildman–Crippen LogP) is 5.20. The number of amides is 1. The summed E-state index contributed by atoms with van der Waals surface area (Å²) in [5, 5.41) is 0.678. The van der Waals surface area contributed by atoms with Crippen molar-refractivity contribution in [1.29, 1.82) is 0 Å². The molecule has 0 aliphatic rings. The quantitative estimate of drug-likeness (QED) is 0.609. The number of rotatable bonds is 4. The van der Waals surface area contributed by atoms with Gasteiger partial charge in [-0.2, -0.15) is 0 Å². The van der Waals surface area contributed by atoms with E-state index in [9.17, 15) is 4.79 Å². The van der Waals surface area contributed by atoms with Gasteiger partial charge in [0.05, 0.1) is 4.83 Å². The molecule has 0 saturated heterocycles. The second-order valence-corrected chi connectivity index (χ2v) is 7.00. The summed E-state index contributed by atoms with van der Waals surface area (Å²) in [6, 6.07) is 17.0. The first-order valence-corrected chi connectivity index (χ1v) is 8.58. The first kappa shape index (κ1) is 16.5. The minimum absolute atomic E-state index is 0.0157. The van der Waals surface area contributed by atoms with Crippen LogP contribution in [0.4, 0.5) is 5.69 Å². The van der Waals surface area contributed by atoms with Crippen LogP contribution in [0.15, 0.2) is 54.6 Å². The summed E-state index contributed by atoms with van der Waals surface area (Å²) in [6.07, 6.45) is 0. The van der Waals surface area contributed by atoms with Crippen LogP contribution in [0.5, 0.6) is 0 Å². The molecule has 0 aromatic heterocycles. The Morgan fingerprint density at radius 1 is 1.05 bits per heavy atom. The number of hydrogen-bond acceptors (Lipinski definition) is 1. The van der Waals surface area contributed by atoms with Crippen molar-refractivity contribution in [3.05, 3.63) is 65.2 Å². The molecule has 0 spiro atoms. The molecule has 2 aromatic rings. The second-order valence-electron chi connectivity index (χ2n) is 4.59. The van der Waals surface area contributed by atoms with Crippen molar-refractivity contribution >= 4 is 55.1 Å². The van der Waals surface area contributed by atoms with E-state index < -0.39 is 0 Å². The molecule has 5 heteroatoms. The number of halogens is 3. The molecule has 1 amide bonds. The van der Waals surface area contributed by atoms with Crippen molar-refractivity contribution in [2.75, 3.05) is 11.9 Å². The summed E-state index contributed by atoms with van der Waals surface area (Å²) in [6.45, 7) is 0. The number of hydrogen-bond donors (Lipinski definition) is 0. The predicted molar refractivity (Wildman–Crippen MR) is 95.7 cm³/mol. The average Bonchev–Trinajstić information content (AvgIpc) is 2.53. The minimum Gasteiger partial charge on any atom is -0.314 e. The molecule has 0 saturated carbocycles. The van der Waals surface area contributed by atoms with Gasteiger partial charge in [-0.15, -0.1) is 0 Å². The molecule has 0 heterocycles. The standard InChI is InChI=1S/C16H14Br2ClNO/c1-20(13-5-3-2-4-6-13)16(21)15(18)14(17)11-7-9-12(19)10-8-11/h2-10,14-15H,1H3. The smallest absolute Gasteiger partial charge is 0.242 e. The fourth-order valence-corrected chi connectivity index (χ4v) is 3.17. The molecule has 0 N–H and O–H groups in total. The molecule has 0 bridgehead atoms. The zero-order valence-corrected chi connectivity index (χ0v) is 15.3. The van der Waals surface area contributed by atoms with E-state index in [0.29, 0.717) is 5.02 Å². The maximum absolute atomic E-state index is 12.5. The van der Waals surface area contributed by atoms with Gasteiger partial charge < -0.3 is 4.90 Å². The SMILES string of the molecule is CN(C(=O)C(Br)C(Br)c1ccc(Cl)cc1)c1ccccc1. The Kier molecular flexibility index (Phi) is 5.85. The highest BCUT2D eigenvalue weighted by Gasteiger charge is 2.28. The van der Waals surface area contributed by atoms with Gasteiger partial charge in [-0.25, -0.2) is 0 Å². The second kappa shape index (κ2) is 7.43. The Hall–Kier alpha value is -0.840. The molecule has 0 aliphatic heterocycles. The van der Waals surface area contributed by atoms with Gasteiger partial charge in [-0.05, 0) is 29.8 Å². The fraction of sp³-hybridized carbons (Fsp3) is 0.188. The first-order valence-electron chi connectivity index (χ1n) is 6.37. The van der Waals surface area contributed by atoms with E-state index in [2.05, 4.69) is 31.9 Å². The van der Waals surface area contributed by atoms with Crippen LogP contribution in [-0.4, -0.2) is 17.8 Å². The van der Waals surface area contributed by atoms with Crippen LogP contribution in [0.25, 0.3) is 0 Å². The van der Waals surface area contributed by atoms with Crippen LogP contribution in [0.2, 0.25) is 5.02 Å². The van der Waals surface area contributed by atoms with E-state index in [1.807, 2.05) is 54.6 Å². The Bertz CT molecular complexity index is 603. The molecule has 0 aliphatic carbocycles. The number of para-hydroxylation sites is 1. The van der Waals surface area contributed by atoms with E-state index in [-0.39, 0.29) is 15.6 Å². The fourth-order valence-electron chi connectivity index (χ4n) is 1.90. The van der Waals surface area contributed by atoms with Crippen molar-refractivity contribution in [3.8, 4) is 0 Å². The van der Waals surface area contributed by atoms with Gasteiger partial charge in [0.2, 0.25) is 5.91 Å².